The second-order valence-corrected chi connectivity index (χ2v) is 5.51. The first-order valence-corrected chi connectivity index (χ1v) is 8.02. The molecule has 1 aromatic carbocycles. The van der Waals surface area contributed by atoms with Gasteiger partial charge in [0.25, 0.3) is 5.91 Å². The predicted octanol–water partition coefficient (Wildman–Crippen LogP) is 2.01. The van der Waals surface area contributed by atoms with Crippen LogP contribution in [0, 0.1) is 0 Å². The van der Waals surface area contributed by atoms with E-state index in [-0.39, 0.29) is 12.1 Å². The van der Waals surface area contributed by atoms with Gasteiger partial charge in [0.15, 0.2) is 0 Å². The summed E-state index contributed by atoms with van der Waals surface area (Å²) in [5.41, 5.74) is 0.550. The van der Waals surface area contributed by atoms with E-state index in [4.69, 9.17) is 4.42 Å². The van der Waals surface area contributed by atoms with E-state index in [1.54, 1.807) is 35.6 Å². The molecule has 2 aromatic rings. The van der Waals surface area contributed by atoms with Crippen LogP contribution in [-0.2, 0) is 11.3 Å². The Morgan fingerprint density at radius 3 is 2.43 bits per heavy atom. The Bertz CT molecular complexity index is 822. The Kier molecular flexibility index (Phi) is 7.02. The van der Waals surface area contributed by atoms with Crippen LogP contribution in [0.2, 0.25) is 0 Å². The van der Waals surface area contributed by atoms with E-state index in [0.717, 1.165) is 0 Å². The molecule has 1 aromatic heterocycles. The molecule has 0 saturated carbocycles. The molecule has 8 nitrogen and oxygen atoms in total. The first-order chi connectivity index (χ1) is 13.2. The number of benzene rings is 1. The molecule has 150 valence electrons. The van der Waals surface area contributed by atoms with E-state index < -0.39 is 37.1 Å². The number of amides is 4. The molecule has 0 aliphatic rings. The van der Waals surface area contributed by atoms with Crippen LogP contribution in [-0.4, -0.2) is 37.1 Å². The smallest absolute Gasteiger partial charge is 0.405 e. The second kappa shape index (κ2) is 9.44. The van der Waals surface area contributed by atoms with Crippen molar-refractivity contribution in [1.29, 1.82) is 0 Å². The van der Waals surface area contributed by atoms with Crippen LogP contribution in [0.15, 0.2) is 47.1 Å². The van der Waals surface area contributed by atoms with Crippen LogP contribution in [0.25, 0.3) is 0 Å². The number of nitrogens with one attached hydrogen (secondary N) is 4. The van der Waals surface area contributed by atoms with E-state index in [1.165, 1.54) is 17.6 Å². The van der Waals surface area contributed by atoms with Gasteiger partial charge >= 0.3 is 12.2 Å². The van der Waals surface area contributed by atoms with E-state index in [9.17, 15) is 27.6 Å². The largest absolute Gasteiger partial charge is 0.467 e. The molecule has 2 rings (SSSR count). The van der Waals surface area contributed by atoms with Crippen molar-refractivity contribution in [1.82, 2.24) is 16.0 Å². The first-order valence-electron chi connectivity index (χ1n) is 8.02. The second-order valence-electron chi connectivity index (χ2n) is 5.51. The minimum absolute atomic E-state index is 0.167. The lowest BCUT2D eigenvalue weighted by Gasteiger charge is -2.12. The summed E-state index contributed by atoms with van der Waals surface area (Å²) in [6.07, 6.45) is -3.11. The SMILES string of the molecule is O=C(CNc1ccccc1C(=O)NCc1ccco1)NC(=O)NCC(F)(F)F. The van der Waals surface area contributed by atoms with Crippen molar-refractivity contribution in [3.05, 3.63) is 54.0 Å². The van der Waals surface area contributed by atoms with Crippen LogP contribution in [0.5, 0.6) is 0 Å². The average molecular weight is 398 g/mol. The monoisotopic (exact) mass is 398 g/mol. The number of hydrogen-bond acceptors (Lipinski definition) is 5. The molecular formula is C17H17F3N4O4. The van der Waals surface area contributed by atoms with Gasteiger partial charge in [0.1, 0.15) is 12.3 Å². The minimum Gasteiger partial charge on any atom is -0.467 e. The summed E-state index contributed by atoms with van der Waals surface area (Å²) in [7, 11) is 0. The maximum absolute atomic E-state index is 12.3. The van der Waals surface area contributed by atoms with Gasteiger partial charge in [0, 0.05) is 5.69 Å². The summed E-state index contributed by atoms with van der Waals surface area (Å²) in [6, 6.07) is 8.41. The molecule has 0 bridgehead atoms. The van der Waals surface area contributed by atoms with Crippen molar-refractivity contribution in [3.63, 3.8) is 0 Å². The topological polar surface area (TPSA) is 112 Å². The lowest BCUT2D eigenvalue weighted by atomic mass is 10.1. The molecule has 0 spiro atoms. The van der Waals surface area contributed by atoms with Gasteiger partial charge in [0.2, 0.25) is 5.91 Å². The Balaban J connectivity index is 1.86. The number of urea groups is 1. The summed E-state index contributed by atoms with van der Waals surface area (Å²) in [5, 5.41) is 8.58. The maximum atomic E-state index is 12.3. The van der Waals surface area contributed by atoms with Crippen molar-refractivity contribution in [2.24, 2.45) is 0 Å². The number of furan rings is 1. The van der Waals surface area contributed by atoms with Crippen molar-refractivity contribution in [2.75, 3.05) is 18.4 Å². The molecule has 0 aliphatic heterocycles. The fraction of sp³-hybridized carbons (Fsp3) is 0.235. The molecule has 0 fully saturated rings. The summed E-state index contributed by atoms with van der Waals surface area (Å²) in [6.45, 7) is -1.82. The normalized spacial score (nSPS) is 10.8. The maximum Gasteiger partial charge on any atom is 0.405 e. The quantitative estimate of drug-likeness (QED) is 0.570. The van der Waals surface area contributed by atoms with Crippen molar-refractivity contribution >= 4 is 23.5 Å². The zero-order chi connectivity index (χ0) is 20.6. The van der Waals surface area contributed by atoms with Crippen LogP contribution >= 0.6 is 0 Å². The molecule has 4 amide bonds. The molecule has 0 radical (unpaired) electrons. The molecule has 1 heterocycles. The average Bonchev–Trinajstić information content (AvgIpc) is 3.16. The van der Waals surface area contributed by atoms with Crippen molar-refractivity contribution in [2.45, 2.75) is 12.7 Å². The molecule has 0 atom stereocenters. The Morgan fingerprint density at radius 2 is 1.75 bits per heavy atom. The van der Waals surface area contributed by atoms with Crippen LogP contribution in [0.3, 0.4) is 0 Å². The van der Waals surface area contributed by atoms with Gasteiger partial charge < -0.3 is 20.4 Å². The summed E-state index contributed by atoms with van der Waals surface area (Å²) >= 11 is 0. The molecule has 0 unspecified atom stereocenters. The van der Waals surface area contributed by atoms with Gasteiger partial charge in [-0.2, -0.15) is 13.2 Å². The van der Waals surface area contributed by atoms with E-state index >= 15 is 0 Å². The number of rotatable bonds is 7. The molecule has 0 aliphatic carbocycles. The highest BCUT2D eigenvalue weighted by atomic mass is 19.4. The van der Waals surface area contributed by atoms with Gasteiger partial charge in [-0.25, -0.2) is 4.79 Å². The minimum atomic E-state index is -4.58. The number of imide groups is 1. The molecule has 28 heavy (non-hydrogen) atoms. The van der Waals surface area contributed by atoms with Gasteiger partial charge in [-0.1, -0.05) is 12.1 Å². The highest BCUT2D eigenvalue weighted by Gasteiger charge is 2.27. The number of para-hydroxylation sites is 1. The molecule has 0 saturated heterocycles. The fourth-order valence-electron chi connectivity index (χ4n) is 2.08. The third-order valence-electron chi connectivity index (χ3n) is 3.32. The summed E-state index contributed by atoms with van der Waals surface area (Å²) < 4.78 is 41.2. The van der Waals surface area contributed by atoms with Gasteiger partial charge in [-0.05, 0) is 24.3 Å². The lowest BCUT2D eigenvalue weighted by Crippen LogP contribution is -2.45. The van der Waals surface area contributed by atoms with Crippen LogP contribution < -0.4 is 21.3 Å². The Hall–Kier alpha value is -3.50. The number of anilines is 1. The van der Waals surface area contributed by atoms with Crippen LogP contribution in [0.4, 0.5) is 23.7 Å². The van der Waals surface area contributed by atoms with Gasteiger partial charge in [-0.15, -0.1) is 0 Å². The van der Waals surface area contributed by atoms with Gasteiger partial charge in [0.05, 0.1) is 24.9 Å². The predicted molar refractivity (Wildman–Crippen MR) is 92.4 cm³/mol. The fourth-order valence-corrected chi connectivity index (χ4v) is 2.08. The lowest BCUT2D eigenvalue weighted by molar-refractivity contribution is -0.124. The number of alkyl halides is 3. The highest BCUT2D eigenvalue weighted by molar-refractivity contribution is 6.01. The van der Waals surface area contributed by atoms with Crippen LogP contribution in [0.1, 0.15) is 16.1 Å². The zero-order valence-corrected chi connectivity index (χ0v) is 14.4. The van der Waals surface area contributed by atoms with E-state index in [0.29, 0.717) is 11.4 Å². The number of hydrogen-bond donors (Lipinski definition) is 4. The van der Waals surface area contributed by atoms with Crippen molar-refractivity contribution in [3.8, 4) is 0 Å². The third kappa shape index (κ3) is 7.02. The standard InChI is InChI=1S/C17H17F3N4O4/c18-17(19,20)10-23-16(27)24-14(25)9-21-13-6-2-1-5-12(13)15(26)22-8-11-4-3-7-28-11/h1-7,21H,8-10H2,(H,22,26)(H2,23,24,25,27). The Morgan fingerprint density at radius 1 is 1.00 bits per heavy atom. The Labute approximate surface area is 157 Å². The summed E-state index contributed by atoms with van der Waals surface area (Å²) in [4.78, 5) is 35.2. The van der Waals surface area contributed by atoms with Gasteiger partial charge in [-0.3, -0.25) is 14.9 Å². The molecule has 11 heteroatoms. The van der Waals surface area contributed by atoms with E-state index in [2.05, 4.69) is 10.6 Å². The first kappa shape index (κ1) is 20.8. The number of carbonyl (C=O) groups is 3. The number of halogens is 3. The summed E-state index contributed by atoms with van der Waals surface area (Å²) in [5.74, 6) is -0.740. The molecule has 4 N–H and O–H groups in total. The number of carbonyl (C=O) groups excluding carboxylic acids is 3. The van der Waals surface area contributed by atoms with E-state index in [1.807, 2.05) is 0 Å². The zero-order valence-electron chi connectivity index (χ0n) is 14.4. The highest BCUT2D eigenvalue weighted by Crippen LogP contribution is 2.15. The van der Waals surface area contributed by atoms with Crippen molar-refractivity contribution < 1.29 is 32.0 Å². The third-order valence-corrected chi connectivity index (χ3v) is 3.32. The molecular weight excluding hydrogens is 381 g/mol.